The fraction of sp³-hybridized carbons (Fsp3) is 0.447. The molecule has 3 aromatic rings. The van der Waals surface area contributed by atoms with Crippen molar-refractivity contribution in [2.24, 2.45) is 5.92 Å². The zero-order valence-corrected chi connectivity index (χ0v) is 29.6. The molecular weight excluding hydrogens is 640 g/mol. The van der Waals surface area contributed by atoms with E-state index in [0.29, 0.717) is 49.1 Å². The van der Waals surface area contributed by atoms with Crippen molar-refractivity contribution in [1.29, 1.82) is 0 Å². The van der Waals surface area contributed by atoms with Crippen LogP contribution in [0.5, 0.6) is 11.5 Å². The maximum atomic E-state index is 14.4. The number of anilines is 2. The molecule has 3 amide bonds. The number of nitrogens with zero attached hydrogens (tertiary/aromatic N) is 2. The van der Waals surface area contributed by atoms with Gasteiger partial charge >= 0.3 is 12.0 Å². The van der Waals surface area contributed by atoms with Crippen molar-refractivity contribution in [3.8, 4) is 11.5 Å². The third-order valence-electron chi connectivity index (χ3n) is 8.80. The largest absolute Gasteiger partial charge is 0.497 e. The topological polar surface area (TPSA) is 150 Å². The molecule has 0 unspecified atom stereocenters. The highest BCUT2D eigenvalue weighted by Gasteiger charge is 2.30. The van der Waals surface area contributed by atoms with E-state index in [1.54, 1.807) is 73.5 Å². The van der Waals surface area contributed by atoms with Crippen molar-refractivity contribution >= 4 is 29.3 Å². The van der Waals surface area contributed by atoms with Crippen LogP contribution in [-0.4, -0.2) is 96.6 Å². The highest BCUT2D eigenvalue weighted by molar-refractivity contribution is 6.02. The first-order chi connectivity index (χ1) is 24.0. The molecule has 0 fully saturated rings. The number of aliphatic hydroxyl groups is 1. The minimum absolute atomic E-state index is 0.118. The molecule has 0 radical (unpaired) electrons. The number of likely N-dealkylation sites (N-methyl/N-ethyl adjacent to an activating group) is 1. The summed E-state index contributed by atoms with van der Waals surface area (Å²) in [6.07, 6.45) is 2.05. The lowest BCUT2D eigenvalue weighted by Crippen LogP contribution is -2.47. The van der Waals surface area contributed by atoms with Crippen LogP contribution in [0.1, 0.15) is 66.3 Å². The average molecular weight is 691 g/mol. The molecule has 1 aliphatic heterocycles. The molecule has 3 aromatic carbocycles. The second-order valence-electron chi connectivity index (χ2n) is 13.0. The summed E-state index contributed by atoms with van der Waals surface area (Å²) >= 11 is 0. The van der Waals surface area contributed by atoms with Crippen LogP contribution in [0, 0.1) is 5.92 Å². The molecule has 4 rings (SSSR count). The Morgan fingerprint density at radius 3 is 2.36 bits per heavy atom. The Kier molecular flexibility index (Phi) is 14.0. The fourth-order valence-electron chi connectivity index (χ4n) is 5.87. The zero-order chi connectivity index (χ0) is 36.2. The first-order valence-electron chi connectivity index (χ1n) is 17.0. The molecule has 0 saturated heterocycles. The van der Waals surface area contributed by atoms with Gasteiger partial charge < -0.3 is 40.0 Å². The summed E-state index contributed by atoms with van der Waals surface area (Å²) in [6.45, 7) is 7.57. The van der Waals surface area contributed by atoms with Crippen LogP contribution in [0.15, 0.2) is 66.7 Å². The van der Waals surface area contributed by atoms with Gasteiger partial charge in [-0.15, -0.1) is 0 Å². The molecular formula is C38H50N4O8. The molecule has 1 heterocycles. The summed E-state index contributed by atoms with van der Waals surface area (Å²) < 4.78 is 17.9. The fourth-order valence-corrected chi connectivity index (χ4v) is 5.87. The molecule has 270 valence electrons. The number of urea groups is 1. The van der Waals surface area contributed by atoms with E-state index in [2.05, 4.69) is 15.5 Å². The van der Waals surface area contributed by atoms with Crippen LogP contribution < -0.4 is 20.1 Å². The van der Waals surface area contributed by atoms with Gasteiger partial charge in [0, 0.05) is 43.5 Å². The molecule has 4 atom stereocenters. The number of amides is 3. The first-order valence-corrected chi connectivity index (χ1v) is 17.0. The second-order valence-corrected chi connectivity index (χ2v) is 13.0. The lowest BCUT2D eigenvalue weighted by Gasteiger charge is -2.36. The Morgan fingerprint density at radius 2 is 1.70 bits per heavy atom. The number of fused-ring (bicyclic) bond motifs is 1. The standard InChI is InChI=1S/C38H50N4O8/c1-25-21-42(26(2)24-43)36(44)33-20-31(40-38(47)39-30-13-16-32(48-5)17-14-30)15-18-34(33)50-27(3)8-6-7-19-49-35(25)23-41(4)22-28-9-11-29(12-10-28)37(45)46/h9-18,20,25-27,35,43H,6-8,19,21-24H2,1-5H3,(H,45,46)(H2,39,40,47)/t25-,26-,27+,35-/m0/s1. The van der Waals surface area contributed by atoms with E-state index in [0.717, 1.165) is 24.8 Å². The third-order valence-corrected chi connectivity index (χ3v) is 8.80. The minimum atomic E-state index is -0.964. The van der Waals surface area contributed by atoms with Crippen molar-refractivity contribution < 1.29 is 38.8 Å². The number of ether oxygens (including phenoxy) is 3. The Hall–Kier alpha value is -4.65. The maximum Gasteiger partial charge on any atom is 0.335 e. The van der Waals surface area contributed by atoms with Crippen LogP contribution in [0.2, 0.25) is 0 Å². The van der Waals surface area contributed by atoms with Crippen molar-refractivity contribution in [2.75, 3.05) is 51.1 Å². The summed E-state index contributed by atoms with van der Waals surface area (Å²) in [6, 6.07) is 17.8. The normalized spacial score (nSPS) is 19.5. The van der Waals surface area contributed by atoms with Gasteiger partial charge in [-0.25, -0.2) is 9.59 Å². The van der Waals surface area contributed by atoms with E-state index in [1.807, 2.05) is 33.0 Å². The Labute approximate surface area is 294 Å². The van der Waals surface area contributed by atoms with E-state index < -0.39 is 18.0 Å². The van der Waals surface area contributed by atoms with Crippen LogP contribution in [0.25, 0.3) is 0 Å². The smallest absolute Gasteiger partial charge is 0.335 e. The quantitative estimate of drug-likeness (QED) is 0.202. The molecule has 0 spiro atoms. The molecule has 12 nitrogen and oxygen atoms in total. The van der Waals surface area contributed by atoms with E-state index in [4.69, 9.17) is 14.2 Å². The lowest BCUT2D eigenvalue weighted by atomic mass is 10.0. The summed E-state index contributed by atoms with van der Waals surface area (Å²) in [4.78, 5) is 42.3. The van der Waals surface area contributed by atoms with E-state index in [1.165, 1.54) is 0 Å². The summed E-state index contributed by atoms with van der Waals surface area (Å²) in [7, 11) is 3.56. The number of aromatic carboxylic acids is 1. The second kappa shape index (κ2) is 18.4. The highest BCUT2D eigenvalue weighted by Crippen LogP contribution is 2.29. The Morgan fingerprint density at radius 1 is 1.02 bits per heavy atom. The van der Waals surface area contributed by atoms with Crippen molar-refractivity contribution in [1.82, 2.24) is 9.80 Å². The van der Waals surface area contributed by atoms with E-state index in [9.17, 15) is 24.6 Å². The Bertz CT molecular complexity index is 1570. The predicted octanol–water partition coefficient (Wildman–Crippen LogP) is 5.96. The number of methoxy groups -OCH3 is 1. The number of carbonyl (C=O) groups is 3. The van der Waals surface area contributed by atoms with Crippen molar-refractivity contribution in [2.45, 2.75) is 64.8 Å². The number of carboxylic acids is 1. The molecule has 1 aliphatic rings. The van der Waals surface area contributed by atoms with E-state index >= 15 is 0 Å². The summed E-state index contributed by atoms with van der Waals surface area (Å²) in [5, 5.41) is 25.1. The third kappa shape index (κ3) is 10.9. The SMILES string of the molecule is COc1ccc(NC(=O)Nc2ccc3c(c2)C(=O)N([C@@H](C)CO)C[C@H](C)[C@H](CN(C)Cc2ccc(C(=O)O)cc2)OCCCC[C@@H](C)O3)cc1. The van der Waals surface area contributed by atoms with Crippen LogP contribution in [0.4, 0.5) is 16.2 Å². The van der Waals surface area contributed by atoms with Crippen LogP contribution >= 0.6 is 0 Å². The molecule has 4 N–H and O–H groups in total. The van der Waals surface area contributed by atoms with Gasteiger partial charge in [0.1, 0.15) is 11.5 Å². The molecule has 12 heteroatoms. The van der Waals surface area contributed by atoms with Gasteiger partial charge in [-0.1, -0.05) is 19.1 Å². The van der Waals surface area contributed by atoms with Gasteiger partial charge in [0.05, 0.1) is 43.1 Å². The molecule has 0 saturated carbocycles. The van der Waals surface area contributed by atoms with Gasteiger partial charge in [0.15, 0.2) is 0 Å². The zero-order valence-electron chi connectivity index (χ0n) is 29.6. The maximum absolute atomic E-state index is 14.4. The van der Waals surface area contributed by atoms with Gasteiger partial charge in [-0.2, -0.15) is 0 Å². The number of nitrogens with one attached hydrogen (secondary N) is 2. The monoisotopic (exact) mass is 690 g/mol. The number of carboxylic acid groups (broad SMARTS) is 1. The molecule has 0 aromatic heterocycles. The van der Waals surface area contributed by atoms with Crippen molar-refractivity contribution in [3.63, 3.8) is 0 Å². The van der Waals surface area contributed by atoms with Gasteiger partial charge in [-0.05, 0) is 100 Å². The summed E-state index contributed by atoms with van der Waals surface area (Å²) in [5.41, 5.74) is 2.48. The summed E-state index contributed by atoms with van der Waals surface area (Å²) in [5.74, 6) is -0.338. The molecule has 50 heavy (non-hydrogen) atoms. The highest BCUT2D eigenvalue weighted by atomic mass is 16.5. The molecule has 0 bridgehead atoms. The number of hydrogen-bond donors (Lipinski definition) is 4. The van der Waals surface area contributed by atoms with Crippen molar-refractivity contribution in [3.05, 3.63) is 83.4 Å². The lowest BCUT2D eigenvalue weighted by molar-refractivity contribution is -0.0177. The number of hydrogen-bond acceptors (Lipinski definition) is 8. The van der Waals surface area contributed by atoms with Gasteiger partial charge in [-0.3, -0.25) is 9.69 Å². The number of aliphatic hydroxyl groups excluding tert-OH is 1. The Balaban J connectivity index is 1.56. The van der Waals surface area contributed by atoms with Crippen LogP contribution in [0.3, 0.4) is 0 Å². The number of benzene rings is 3. The van der Waals surface area contributed by atoms with E-state index in [-0.39, 0.29) is 41.8 Å². The molecule has 0 aliphatic carbocycles. The van der Waals surface area contributed by atoms with Gasteiger partial charge in [0.25, 0.3) is 5.91 Å². The average Bonchev–Trinajstić information content (AvgIpc) is 3.10. The predicted molar refractivity (Wildman–Crippen MR) is 192 cm³/mol. The van der Waals surface area contributed by atoms with Gasteiger partial charge in [0.2, 0.25) is 0 Å². The minimum Gasteiger partial charge on any atom is -0.497 e. The van der Waals surface area contributed by atoms with Crippen LogP contribution in [-0.2, 0) is 11.3 Å². The number of carbonyl (C=O) groups excluding carboxylic acids is 2. The first kappa shape index (κ1) is 38.2. The number of rotatable bonds is 10.